The molecule has 3 aromatic rings. The number of aliphatic hydroxyl groups excluding tert-OH is 1. The number of carbonyl (C=O) groups is 1. The topological polar surface area (TPSA) is 97.7 Å². The van der Waals surface area contributed by atoms with Gasteiger partial charge in [-0.25, -0.2) is 9.97 Å². The molecule has 9 heteroatoms. The van der Waals surface area contributed by atoms with Crippen LogP contribution in [0.25, 0.3) is 22.3 Å². The maximum Gasteiger partial charge on any atom is 0.248 e. The number of pyridine rings is 1. The molecule has 1 amide bonds. The second-order valence-electron chi connectivity index (χ2n) is 7.82. The van der Waals surface area contributed by atoms with Crippen LogP contribution in [0.15, 0.2) is 42.7 Å². The third-order valence-corrected chi connectivity index (χ3v) is 5.33. The summed E-state index contributed by atoms with van der Waals surface area (Å²) in [6.45, 7) is 5.25. The number of amides is 1. The van der Waals surface area contributed by atoms with Gasteiger partial charge in [-0.15, -0.1) is 0 Å². The van der Waals surface area contributed by atoms with Crippen molar-refractivity contribution in [3.8, 4) is 17.1 Å². The predicted octanol–water partition coefficient (Wildman–Crippen LogP) is 2.53. The zero-order valence-electron chi connectivity index (χ0n) is 18.2. The number of nitrogens with zero attached hydrogens (tertiary/aromatic N) is 4. The maximum atomic E-state index is 11.8. The summed E-state index contributed by atoms with van der Waals surface area (Å²) in [7, 11) is 0. The minimum Gasteiger partial charge on any atom is -0.473 e. The lowest BCUT2D eigenvalue weighted by atomic mass is 10.0. The molecular weight excluding hydrogens is 428 g/mol. The molecule has 0 bridgehead atoms. The lowest BCUT2D eigenvalue weighted by Gasteiger charge is -2.32. The summed E-state index contributed by atoms with van der Waals surface area (Å²) in [6.07, 6.45) is 2.93. The van der Waals surface area contributed by atoms with Crippen molar-refractivity contribution >= 4 is 30.4 Å². The second kappa shape index (κ2) is 10.7. The minimum atomic E-state index is -0.507. The first kappa shape index (κ1) is 23.9. The Bertz CT molecular complexity index is 1060. The third-order valence-electron chi connectivity index (χ3n) is 5.33. The van der Waals surface area contributed by atoms with Gasteiger partial charge in [0.2, 0.25) is 11.8 Å². The smallest absolute Gasteiger partial charge is 0.248 e. The number of aromatic nitrogens is 3. The molecule has 0 spiro atoms. The van der Waals surface area contributed by atoms with Gasteiger partial charge in [0.05, 0.1) is 24.4 Å². The number of morpholine rings is 1. The van der Waals surface area contributed by atoms with E-state index in [1.807, 2.05) is 18.2 Å². The van der Waals surface area contributed by atoms with E-state index in [2.05, 4.69) is 35.9 Å². The molecule has 1 aromatic carbocycles. The molecular formula is C23H28N4O4S. The van der Waals surface area contributed by atoms with Gasteiger partial charge in [0.15, 0.2) is 5.52 Å². The number of carbonyl (C=O) groups excluding carboxylic acids is 1. The summed E-state index contributed by atoms with van der Waals surface area (Å²) >= 11 is 0. The Morgan fingerprint density at radius 3 is 2.72 bits per heavy atom. The average Bonchev–Trinajstić information content (AvgIpc) is 2.82. The molecule has 0 unspecified atom stereocenters. The number of hydrogen-bond donors (Lipinski definition) is 1. The SMILES string of the molecule is CC(C)c1ccc(-c2cc3nccnc3c(OC[C@@H]3CN(C(=O)CO)CCO3)n2)cc1.S. The maximum absolute atomic E-state index is 11.8. The van der Waals surface area contributed by atoms with Crippen molar-refractivity contribution in [2.75, 3.05) is 32.9 Å². The van der Waals surface area contributed by atoms with E-state index < -0.39 is 6.61 Å². The molecule has 0 aliphatic carbocycles. The van der Waals surface area contributed by atoms with Crippen molar-refractivity contribution in [3.63, 3.8) is 0 Å². The highest BCUT2D eigenvalue weighted by Crippen LogP contribution is 2.28. The van der Waals surface area contributed by atoms with Gasteiger partial charge in [-0.3, -0.25) is 9.78 Å². The summed E-state index contributed by atoms with van der Waals surface area (Å²) in [5.74, 6) is 0.522. The molecule has 1 fully saturated rings. The van der Waals surface area contributed by atoms with Crippen molar-refractivity contribution in [1.82, 2.24) is 19.9 Å². The Morgan fingerprint density at radius 2 is 2.00 bits per heavy atom. The number of rotatable bonds is 6. The van der Waals surface area contributed by atoms with E-state index in [1.54, 1.807) is 17.3 Å². The Labute approximate surface area is 194 Å². The van der Waals surface area contributed by atoms with Crippen molar-refractivity contribution in [2.24, 2.45) is 0 Å². The van der Waals surface area contributed by atoms with E-state index in [0.29, 0.717) is 42.5 Å². The van der Waals surface area contributed by atoms with E-state index in [-0.39, 0.29) is 32.1 Å². The highest BCUT2D eigenvalue weighted by atomic mass is 32.1. The Morgan fingerprint density at radius 1 is 1.25 bits per heavy atom. The van der Waals surface area contributed by atoms with Gasteiger partial charge in [0.1, 0.15) is 19.3 Å². The van der Waals surface area contributed by atoms with E-state index in [0.717, 1.165) is 11.3 Å². The largest absolute Gasteiger partial charge is 0.473 e. The van der Waals surface area contributed by atoms with Crippen LogP contribution >= 0.6 is 13.5 Å². The quantitative estimate of drug-likeness (QED) is 0.609. The fraction of sp³-hybridized carbons (Fsp3) is 0.391. The number of ether oxygens (including phenoxy) is 2. The molecule has 1 aliphatic heterocycles. The molecule has 0 radical (unpaired) electrons. The first-order valence-corrected chi connectivity index (χ1v) is 10.4. The van der Waals surface area contributed by atoms with Crippen LogP contribution < -0.4 is 4.74 Å². The summed E-state index contributed by atoms with van der Waals surface area (Å²) in [4.78, 5) is 26.9. The van der Waals surface area contributed by atoms with Crippen LogP contribution in [0.2, 0.25) is 0 Å². The van der Waals surface area contributed by atoms with Crippen LogP contribution in [0.3, 0.4) is 0 Å². The van der Waals surface area contributed by atoms with Gasteiger partial charge in [-0.2, -0.15) is 13.5 Å². The van der Waals surface area contributed by atoms with Crippen LogP contribution in [-0.4, -0.2) is 69.9 Å². The molecule has 0 saturated carbocycles. The summed E-state index contributed by atoms with van der Waals surface area (Å²) in [6, 6.07) is 10.2. The number of benzene rings is 1. The van der Waals surface area contributed by atoms with Crippen LogP contribution in [0.1, 0.15) is 25.3 Å². The summed E-state index contributed by atoms with van der Waals surface area (Å²) in [5, 5.41) is 9.10. The molecule has 1 atom stereocenters. The fourth-order valence-corrected chi connectivity index (χ4v) is 3.55. The molecule has 1 aliphatic rings. The molecule has 4 rings (SSSR count). The molecule has 32 heavy (non-hydrogen) atoms. The van der Waals surface area contributed by atoms with Crippen LogP contribution in [-0.2, 0) is 9.53 Å². The van der Waals surface area contributed by atoms with Gasteiger partial charge in [-0.05, 0) is 17.5 Å². The zero-order valence-corrected chi connectivity index (χ0v) is 19.2. The van der Waals surface area contributed by atoms with E-state index in [4.69, 9.17) is 19.6 Å². The minimum absolute atomic E-state index is 0. The van der Waals surface area contributed by atoms with E-state index in [1.165, 1.54) is 5.56 Å². The van der Waals surface area contributed by atoms with Gasteiger partial charge in [0.25, 0.3) is 0 Å². The van der Waals surface area contributed by atoms with Crippen molar-refractivity contribution < 1.29 is 19.4 Å². The first-order chi connectivity index (χ1) is 15.0. The number of fused-ring (bicyclic) bond motifs is 1. The standard InChI is InChI=1S/C23H26N4O4.H2S/c1-15(2)16-3-5-17(6-4-16)19-11-20-22(25-8-7-24-20)23(26-19)31-14-18-12-27(9-10-30-18)21(29)13-28;/h3-8,11,15,18,28H,9-10,12-14H2,1-2H3;1H2/t18-;/m0./s1. The predicted molar refractivity (Wildman–Crippen MR) is 126 cm³/mol. The van der Waals surface area contributed by atoms with Gasteiger partial charge >= 0.3 is 0 Å². The fourth-order valence-electron chi connectivity index (χ4n) is 3.55. The second-order valence-corrected chi connectivity index (χ2v) is 7.82. The van der Waals surface area contributed by atoms with Crippen LogP contribution in [0, 0.1) is 0 Å². The monoisotopic (exact) mass is 456 g/mol. The number of aliphatic hydroxyl groups is 1. The van der Waals surface area contributed by atoms with Gasteiger partial charge in [-0.1, -0.05) is 38.1 Å². The summed E-state index contributed by atoms with van der Waals surface area (Å²) in [5.41, 5.74) is 4.24. The van der Waals surface area contributed by atoms with Gasteiger partial charge in [0, 0.05) is 24.5 Å². The molecule has 1 N–H and O–H groups in total. The normalized spacial score (nSPS) is 16.1. The van der Waals surface area contributed by atoms with Gasteiger partial charge < -0.3 is 19.5 Å². The van der Waals surface area contributed by atoms with E-state index in [9.17, 15) is 4.79 Å². The van der Waals surface area contributed by atoms with Crippen LogP contribution in [0.5, 0.6) is 5.88 Å². The zero-order chi connectivity index (χ0) is 21.8. The lowest BCUT2D eigenvalue weighted by Crippen LogP contribution is -2.48. The van der Waals surface area contributed by atoms with E-state index >= 15 is 0 Å². The third kappa shape index (κ3) is 5.35. The molecule has 1 saturated heterocycles. The molecule has 170 valence electrons. The lowest BCUT2D eigenvalue weighted by molar-refractivity contribution is -0.142. The first-order valence-electron chi connectivity index (χ1n) is 10.4. The number of hydrogen-bond acceptors (Lipinski definition) is 7. The highest BCUT2D eigenvalue weighted by Gasteiger charge is 2.25. The van der Waals surface area contributed by atoms with Crippen LogP contribution in [0.4, 0.5) is 0 Å². The average molecular weight is 457 g/mol. The molecule has 2 aromatic heterocycles. The van der Waals surface area contributed by atoms with Crippen molar-refractivity contribution in [1.29, 1.82) is 0 Å². The molecule has 3 heterocycles. The Balaban J connectivity index is 0.00000289. The highest BCUT2D eigenvalue weighted by molar-refractivity contribution is 7.59. The molecule has 8 nitrogen and oxygen atoms in total. The van der Waals surface area contributed by atoms with Crippen molar-refractivity contribution in [3.05, 3.63) is 48.3 Å². The Kier molecular flexibility index (Phi) is 8.00. The summed E-state index contributed by atoms with van der Waals surface area (Å²) < 4.78 is 11.7. The van der Waals surface area contributed by atoms with Crippen molar-refractivity contribution in [2.45, 2.75) is 25.9 Å². The Hall–Kier alpha value is -2.75.